The fourth-order valence-electron chi connectivity index (χ4n) is 2.63. The van der Waals surface area contributed by atoms with Crippen LogP contribution in [0.4, 0.5) is 5.69 Å². The van der Waals surface area contributed by atoms with Crippen molar-refractivity contribution < 1.29 is 14.3 Å². The van der Waals surface area contributed by atoms with E-state index in [1.54, 1.807) is 13.2 Å². The van der Waals surface area contributed by atoms with Crippen molar-refractivity contribution in [2.75, 3.05) is 51.8 Å². The molecule has 0 bridgehead atoms. The normalized spacial score (nSPS) is 15.5. The Hall–Kier alpha value is -1.59. The summed E-state index contributed by atoms with van der Waals surface area (Å²) in [5, 5.41) is 3.20. The fourth-order valence-corrected chi connectivity index (χ4v) is 2.63. The number of anilines is 1. The van der Waals surface area contributed by atoms with Gasteiger partial charge >= 0.3 is 5.97 Å². The Morgan fingerprint density at radius 2 is 1.95 bits per heavy atom. The minimum absolute atomic E-state index is 0.266. The van der Waals surface area contributed by atoms with Gasteiger partial charge in [-0.25, -0.2) is 4.79 Å². The molecule has 1 heterocycles. The molecule has 1 aromatic rings. The maximum absolute atomic E-state index is 12.2. The minimum Gasteiger partial charge on any atom is -0.461 e. The summed E-state index contributed by atoms with van der Waals surface area (Å²) in [6.07, 6.45) is 3.82. The van der Waals surface area contributed by atoms with E-state index in [1.807, 2.05) is 18.2 Å². The lowest BCUT2D eigenvalue weighted by atomic mass is 10.1. The Kier molecular flexibility index (Phi) is 7.19. The van der Waals surface area contributed by atoms with Crippen LogP contribution in [-0.2, 0) is 9.47 Å². The monoisotopic (exact) mass is 306 g/mol. The molecule has 0 unspecified atom stereocenters. The first-order valence-electron chi connectivity index (χ1n) is 8.02. The van der Waals surface area contributed by atoms with Gasteiger partial charge in [-0.05, 0) is 38.1 Å². The SMILES string of the molecule is COCCNc1ccccc1C(=O)OCCN1CCCCC1. The second kappa shape index (κ2) is 9.43. The average Bonchev–Trinajstić information content (AvgIpc) is 2.56. The summed E-state index contributed by atoms with van der Waals surface area (Å²) in [5.74, 6) is -0.266. The Balaban J connectivity index is 1.80. The van der Waals surface area contributed by atoms with Crippen molar-refractivity contribution in [3.05, 3.63) is 29.8 Å². The van der Waals surface area contributed by atoms with E-state index in [-0.39, 0.29) is 5.97 Å². The molecule has 0 spiro atoms. The zero-order chi connectivity index (χ0) is 15.6. The number of esters is 1. The zero-order valence-electron chi connectivity index (χ0n) is 13.3. The lowest BCUT2D eigenvalue weighted by Crippen LogP contribution is -2.33. The zero-order valence-corrected chi connectivity index (χ0v) is 13.3. The molecule has 0 amide bonds. The van der Waals surface area contributed by atoms with E-state index >= 15 is 0 Å². The van der Waals surface area contributed by atoms with Gasteiger partial charge in [-0.1, -0.05) is 18.6 Å². The van der Waals surface area contributed by atoms with Crippen LogP contribution < -0.4 is 5.32 Å². The Labute approximate surface area is 132 Å². The molecule has 1 saturated heterocycles. The molecule has 0 aromatic heterocycles. The maximum Gasteiger partial charge on any atom is 0.340 e. The van der Waals surface area contributed by atoms with Crippen molar-refractivity contribution in [1.82, 2.24) is 4.90 Å². The summed E-state index contributed by atoms with van der Waals surface area (Å²) >= 11 is 0. The third-order valence-corrected chi connectivity index (χ3v) is 3.86. The van der Waals surface area contributed by atoms with Crippen molar-refractivity contribution in [2.24, 2.45) is 0 Å². The number of para-hydroxylation sites is 1. The average molecular weight is 306 g/mol. The number of benzene rings is 1. The van der Waals surface area contributed by atoms with Gasteiger partial charge < -0.3 is 14.8 Å². The van der Waals surface area contributed by atoms with Gasteiger partial charge in [-0.3, -0.25) is 4.90 Å². The van der Waals surface area contributed by atoms with Crippen LogP contribution in [0.5, 0.6) is 0 Å². The highest BCUT2D eigenvalue weighted by Gasteiger charge is 2.14. The molecule has 0 aliphatic carbocycles. The Morgan fingerprint density at radius 1 is 1.18 bits per heavy atom. The van der Waals surface area contributed by atoms with Gasteiger partial charge in [0.15, 0.2) is 0 Å². The maximum atomic E-state index is 12.2. The first-order valence-corrected chi connectivity index (χ1v) is 8.02. The third-order valence-electron chi connectivity index (χ3n) is 3.86. The van der Waals surface area contributed by atoms with Gasteiger partial charge in [-0.15, -0.1) is 0 Å². The third kappa shape index (κ3) is 5.31. The molecule has 0 radical (unpaired) electrons. The smallest absolute Gasteiger partial charge is 0.340 e. The molecule has 22 heavy (non-hydrogen) atoms. The van der Waals surface area contributed by atoms with Crippen LogP contribution in [0, 0.1) is 0 Å². The molecule has 2 rings (SSSR count). The molecule has 5 heteroatoms. The topological polar surface area (TPSA) is 50.8 Å². The molecular formula is C17H26N2O3. The summed E-state index contributed by atoms with van der Waals surface area (Å²) in [4.78, 5) is 14.6. The Bertz CT molecular complexity index is 459. The first-order chi connectivity index (χ1) is 10.8. The Morgan fingerprint density at radius 3 is 2.73 bits per heavy atom. The van der Waals surface area contributed by atoms with Crippen LogP contribution in [0.15, 0.2) is 24.3 Å². The second-order valence-corrected chi connectivity index (χ2v) is 5.50. The lowest BCUT2D eigenvalue weighted by molar-refractivity contribution is 0.0453. The van der Waals surface area contributed by atoms with Crippen LogP contribution in [0.25, 0.3) is 0 Å². The highest BCUT2D eigenvalue weighted by molar-refractivity contribution is 5.95. The van der Waals surface area contributed by atoms with Gasteiger partial charge in [0.2, 0.25) is 0 Å². The molecule has 1 fully saturated rings. The number of nitrogens with zero attached hydrogens (tertiary/aromatic N) is 1. The lowest BCUT2D eigenvalue weighted by Gasteiger charge is -2.26. The molecule has 0 saturated carbocycles. The van der Waals surface area contributed by atoms with E-state index in [0.717, 1.165) is 25.3 Å². The van der Waals surface area contributed by atoms with Crippen LogP contribution in [-0.4, -0.2) is 57.4 Å². The van der Waals surface area contributed by atoms with Crippen molar-refractivity contribution in [2.45, 2.75) is 19.3 Å². The molecule has 0 atom stereocenters. The largest absolute Gasteiger partial charge is 0.461 e. The van der Waals surface area contributed by atoms with E-state index in [4.69, 9.17) is 9.47 Å². The molecular weight excluding hydrogens is 280 g/mol. The van der Waals surface area contributed by atoms with E-state index in [2.05, 4.69) is 10.2 Å². The number of likely N-dealkylation sites (tertiary alicyclic amines) is 1. The summed E-state index contributed by atoms with van der Waals surface area (Å²) in [5.41, 5.74) is 1.37. The fraction of sp³-hybridized carbons (Fsp3) is 0.588. The molecule has 5 nitrogen and oxygen atoms in total. The molecule has 1 aliphatic rings. The summed E-state index contributed by atoms with van der Waals surface area (Å²) < 4.78 is 10.4. The number of carbonyl (C=O) groups is 1. The van der Waals surface area contributed by atoms with E-state index in [0.29, 0.717) is 25.3 Å². The first kappa shape index (κ1) is 16.8. The van der Waals surface area contributed by atoms with Gasteiger partial charge in [-0.2, -0.15) is 0 Å². The van der Waals surface area contributed by atoms with E-state index < -0.39 is 0 Å². The van der Waals surface area contributed by atoms with Gasteiger partial charge in [0.1, 0.15) is 6.61 Å². The minimum atomic E-state index is -0.266. The molecule has 122 valence electrons. The quantitative estimate of drug-likeness (QED) is 0.590. The van der Waals surface area contributed by atoms with Crippen molar-refractivity contribution >= 4 is 11.7 Å². The van der Waals surface area contributed by atoms with Crippen molar-refractivity contribution in [3.8, 4) is 0 Å². The highest BCUT2D eigenvalue weighted by Crippen LogP contribution is 2.16. The number of methoxy groups -OCH3 is 1. The van der Waals surface area contributed by atoms with Crippen molar-refractivity contribution in [1.29, 1.82) is 0 Å². The number of nitrogens with one attached hydrogen (secondary N) is 1. The predicted octanol–water partition coefficient (Wildman–Crippen LogP) is 2.39. The molecule has 1 aliphatic heterocycles. The highest BCUT2D eigenvalue weighted by atomic mass is 16.5. The number of hydrogen-bond donors (Lipinski definition) is 1. The summed E-state index contributed by atoms with van der Waals surface area (Å²) in [6.45, 7) is 4.77. The van der Waals surface area contributed by atoms with E-state index in [9.17, 15) is 4.79 Å². The number of carbonyl (C=O) groups excluding carboxylic acids is 1. The number of piperidine rings is 1. The summed E-state index contributed by atoms with van der Waals surface area (Å²) in [7, 11) is 1.66. The number of ether oxygens (including phenoxy) is 2. The molecule has 1 N–H and O–H groups in total. The van der Waals surface area contributed by atoms with E-state index in [1.165, 1.54) is 19.3 Å². The molecule has 1 aromatic carbocycles. The van der Waals surface area contributed by atoms with Crippen LogP contribution >= 0.6 is 0 Å². The van der Waals surface area contributed by atoms with Gasteiger partial charge in [0.05, 0.1) is 12.2 Å². The number of hydrogen-bond acceptors (Lipinski definition) is 5. The second-order valence-electron chi connectivity index (χ2n) is 5.50. The van der Waals surface area contributed by atoms with Crippen molar-refractivity contribution in [3.63, 3.8) is 0 Å². The number of rotatable bonds is 8. The summed E-state index contributed by atoms with van der Waals surface area (Å²) in [6, 6.07) is 7.43. The predicted molar refractivity (Wildman–Crippen MR) is 87.4 cm³/mol. The van der Waals surface area contributed by atoms with Gasteiger partial charge in [0.25, 0.3) is 0 Å². The standard InChI is InChI=1S/C17H26N2O3/c1-21-13-9-18-16-8-4-3-7-15(16)17(20)22-14-12-19-10-5-2-6-11-19/h3-4,7-8,18H,2,5-6,9-14H2,1H3. The van der Waals surface area contributed by atoms with Gasteiger partial charge in [0, 0.05) is 25.9 Å². The van der Waals surface area contributed by atoms with Crippen LogP contribution in [0.2, 0.25) is 0 Å². The van der Waals surface area contributed by atoms with Crippen LogP contribution in [0.1, 0.15) is 29.6 Å². The van der Waals surface area contributed by atoms with Crippen LogP contribution in [0.3, 0.4) is 0 Å².